The van der Waals surface area contributed by atoms with Crippen molar-refractivity contribution in [3.63, 3.8) is 0 Å². The van der Waals surface area contributed by atoms with E-state index < -0.39 is 0 Å². The maximum atomic E-state index is 6.56. The molecule has 0 radical (unpaired) electrons. The molecule has 0 spiro atoms. The van der Waals surface area contributed by atoms with Crippen molar-refractivity contribution in [3.8, 4) is 44.5 Å². The van der Waals surface area contributed by atoms with E-state index in [1.807, 2.05) is 12.1 Å². The summed E-state index contributed by atoms with van der Waals surface area (Å²) in [6, 6.07) is 85.7. The minimum atomic E-state index is 0.854. The predicted molar refractivity (Wildman–Crippen MR) is 263 cm³/mol. The van der Waals surface area contributed by atoms with Gasteiger partial charge in [0, 0.05) is 33.8 Å². The van der Waals surface area contributed by atoms with Gasteiger partial charge in [-0.25, -0.2) is 0 Å². The van der Waals surface area contributed by atoms with Gasteiger partial charge in [-0.2, -0.15) is 0 Å². The summed E-state index contributed by atoms with van der Waals surface area (Å²) in [4.78, 5) is 2.41. The van der Waals surface area contributed by atoms with Gasteiger partial charge in [0.25, 0.3) is 0 Å². The van der Waals surface area contributed by atoms with Crippen LogP contribution in [-0.2, 0) is 0 Å². The zero-order valence-electron chi connectivity index (χ0n) is 33.9. The Morgan fingerprint density at radius 1 is 0.274 bits per heavy atom. The van der Waals surface area contributed by atoms with Gasteiger partial charge < -0.3 is 9.32 Å². The first-order valence-electron chi connectivity index (χ1n) is 21.2. The van der Waals surface area contributed by atoms with Crippen LogP contribution in [0.5, 0.6) is 0 Å². The summed E-state index contributed by atoms with van der Waals surface area (Å²) in [7, 11) is 0. The summed E-state index contributed by atoms with van der Waals surface area (Å²) in [6.07, 6.45) is 0. The SMILES string of the molecule is c1ccc(-c2ccc(-c3cccc(N(c4ccc(-c5ccc6ccccc6c5)cc4)c4ccc5c(c4)oc4ccccc45)c3-c3cc4ccccc4c4ccccc34)cc2)cc1. The number of para-hydroxylation sites is 1. The Labute approximate surface area is 360 Å². The smallest absolute Gasteiger partial charge is 0.137 e. The minimum absolute atomic E-state index is 0.854. The van der Waals surface area contributed by atoms with E-state index in [-0.39, 0.29) is 0 Å². The van der Waals surface area contributed by atoms with E-state index in [1.165, 1.54) is 60.1 Å². The molecular weight excluding hydrogens is 751 g/mol. The molecule has 1 aromatic heterocycles. The van der Waals surface area contributed by atoms with Crippen LogP contribution >= 0.6 is 0 Å². The molecule has 0 saturated carbocycles. The maximum absolute atomic E-state index is 6.56. The average Bonchev–Trinajstić information content (AvgIpc) is 3.72. The van der Waals surface area contributed by atoms with E-state index in [0.29, 0.717) is 0 Å². The van der Waals surface area contributed by atoms with Gasteiger partial charge in [-0.1, -0.05) is 182 Å². The van der Waals surface area contributed by atoms with Crippen molar-refractivity contribution >= 4 is 71.3 Å². The summed E-state index contributed by atoms with van der Waals surface area (Å²) in [5.74, 6) is 0. The molecule has 0 amide bonds. The monoisotopic (exact) mass is 789 g/mol. The molecular formula is C60H39NO. The topological polar surface area (TPSA) is 16.4 Å². The fourth-order valence-electron chi connectivity index (χ4n) is 9.44. The Hall–Kier alpha value is -8.20. The van der Waals surface area contributed by atoms with E-state index in [1.54, 1.807) is 0 Å². The second-order valence-corrected chi connectivity index (χ2v) is 16.1. The van der Waals surface area contributed by atoms with Crippen LogP contribution in [0.1, 0.15) is 0 Å². The molecule has 2 heteroatoms. The molecule has 0 aliphatic heterocycles. The Bertz CT molecular complexity index is 3620. The van der Waals surface area contributed by atoms with Crippen molar-refractivity contribution < 1.29 is 4.42 Å². The molecule has 11 aromatic carbocycles. The number of anilines is 3. The van der Waals surface area contributed by atoms with Crippen molar-refractivity contribution in [2.45, 2.75) is 0 Å². The highest BCUT2D eigenvalue weighted by Gasteiger charge is 2.24. The summed E-state index contributed by atoms with van der Waals surface area (Å²) in [5, 5.41) is 9.58. The molecule has 0 aliphatic rings. The lowest BCUT2D eigenvalue weighted by Gasteiger charge is -2.30. The minimum Gasteiger partial charge on any atom is -0.456 e. The lowest BCUT2D eigenvalue weighted by Crippen LogP contribution is -2.12. The average molecular weight is 790 g/mol. The fourth-order valence-corrected chi connectivity index (χ4v) is 9.44. The number of rotatable bonds is 7. The molecule has 12 rings (SSSR count). The molecule has 0 atom stereocenters. The highest BCUT2D eigenvalue weighted by molar-refractivity contribution is 6.17. The lowest BCUT2D eigenvalue weighted by atomic mass is 9.87. The molecule has 0 saturated heterocycles. The van der Waals surface area contributed by atoms with Gasteiger partial charge in [0.1, 0.15) is 11.2 Å². The number of fused-ring (bicyclic) bond motifs is 7. The van der Waals surface area contributed by atoms with Gasteiger partial charge in [-0.05, 0) is 120 Å². The zero-order valence-corrected chi connectivity index (χ0v) is 33.9. The number of benzene rings is 11. The first kappa shape index (κ1) is 35.7. The Balaban J connectivity index is 1.12. The third-order valence-corrected chi connectivity index (χ3v) is 12.5. The number of furan rings is 1. The van der Waals surface area contributed by atoms with Crippen molar-refractivity contribution in [2.24, 2.45) is 0 Å². The molecule has 1 heterocycles. The first-order valence-corrected chi connectivity index (χ1v) is 21.2. The van der Waals surface area contributed by atoms with E-state index in [0.717, 1.165) is 55.7 Å². The highest BCUT2D eigenvalue weighted by Crippen LogP contribution is 2.49. The molecule has 62 heavy (non-hydrogen) atoms. The molecule has 0 bridgehead atoms. The molecule has 2 nitrogen and oxygen atoms in total. The van der Waals surface area contributed by atoms with E-state index in [4.69, 9.17) is 4.42 Å². The van der Waals surface area contributed by atoms with Gasteiger partial charge in [0.05, 0.1) is 5.69 Å². The standard InChI is InChI=1S/C60H39NO/c1-2-13-40(14-3-1)42-25-28-44(29-26-42)51-22-12-23-57(60(51)56-38-47-17-6-7-18-50(47)52-19-8-9-20-53(52)56)61(49-35-36-55-54-21-10-11-24-58(54)62-59(55)39-49)48-33-31-43(32-34-48)46-30-27-41-15-4-5-16-45(41)37-46/h1-39H. The molecule has 0 fully saturated rings. The van der Waals surface area contributed by atoms with Crippen molar-refractivity contribution in [2.75, 3.05) is 4.90 Å². The van der Waals surface area contributed by atoms with Gasteiger partial charge in [0.15, 0.2) is 0 Å². The predicted octanol–water partition coefficient (Wildman–Crippen LogP) is 17.2. The third kappa shape index (κ3) is 6.12. The van der Waals surface area contributed by atoms with Crippen LogP contribution in [0.15, 0.2) is 241 Å². The van der Waals surface area contributed by atoms with E-state index in [9.17, 15) is 0 Å². The van der Waals surface area contributed by atoms with Crippen LogP contribution < -0.4 is 4.90 Å². The van der Waals surface area contributed by atoms with Gasteiger partial charge in [-0.15, -0.1) is 0 Å². The molecule has 0 aliphatic carbocycles. The molecule has 290 valence electrons. The fraction of sp³-hybridized carbons (Fsp3) is 0. The van der Waals surface area contributed by atoms with Crippen molar-refractivity contribution in [3.05, 3.63) is 237 Å². The molecule has 0 N–H and O–H groups in total. The van der Waals surface area contributed by atoms with Crippen molar-refractivity contribution in [1.82, 2.24) is 0 Å². The number of nitrogens with zero attached hydrogens (tertiary/aromatic N) is 1. The molecule has 0 unspecified atom stereocenters. The highest BCUT2D eigenvalue weighted by atomic mass is 16.3. The number of hydrogen-bond acceptors (Lipinski definition) is 2. The van der Waals surface area contributed by atoms with Gasteiger partial charge in [0.2, 0.25) is 0 Å². The largest absolute Gasteiger partial charge is 0.456 e. The summed E-state index contributed by atoms with van der Waals surface area (Å²) >= 11 is 0. The van der Waals surface area contributed by atoms with Crippen molar-refractivity contribution in [1.29, 1.82) is 0 Å². The summed E-state index contributed by atoms with van der Waals surface area (Å²) in [6.45, 7) is 0. The quantitative estimate of drug-likeness (QED) is 0.150. The van der Waals surface area contributed by atoms with Crippen LogP contribution in [0.25, 0.3) is 98.8 Å². The summed E-state index contributed by atoms with van der Waals surface area (Å²) in [5.41, 5.74) is 14.3. The number of hydrogen-bond donors (Lipinski definition) is 0. The Morgan fingerprint density at radius 3 is 1.68 bits per heavy atom. The van der Waals surface area contributed by atoms with Gasteiger partial charge >= 0.3 is 0 Å². The first-order chi connectivity index (χ1) is 30.7. The normalized spacial score (nSPS) is 11.5. The van der Waals surface area contributed by atoms with Crippen LogP contribution in [-0.4, -0.2) is 0 Å². The van der Waals surface area contributed by atoms with Gasteiger partial charge in [-0.3, -0.25) is 0 Å². The summed E-state index contributed by atoms with van der Waals surface area (Å²) < 4.78 is 6.56. The maximum Gasteiger partial charge on any atom is 0.137 e. The second kappa shape index (κ2) is 14.8. The lowest BCUT2D eigenvalue weighted by molar-refractivity contribution is 0.669. The second-order valence-electron chi connectivity index (χ2n) is 16.1. The Morgan fingerprint density at radius 2 is 0.855 bits per heavy atom. The third-order valence-electron chi connectivity index (χ3n) is 12.5. The zero-order chi connectivity index (χ0) is 41.0. The van der Waals surface area contributed by atoms with Crippen LogP contribution in [0, 0.1) is 0 Å². The van der Waals surface area contributed by atoms with Crippen LogP contribution in [0.2, 0.25) is 0 Å². The Kier molecular flexibility index (Phi) is 8.53. The van der Waals surface area contributed by atoms with Crippen LogP contribution in [0.4, 0.5) is 17.1 Å². The van der Waals surface area contributed by atoms with E-state index >= 15 is 0 Å². The van der Waals surface area contributed by atoms with E-state index in [2.05, 4.69) is 229 Å². The van der Waals surface area contributed by atoms with Crippen LogP contribution in [0.3, 0.4) is 0 Å². The molecule has 12 aromatic rings.